The fourth-order valence-corrected chi connectivity index (χ4v) is 5.54. The summed E-state index contributed by atoms with van der Waals surface area (Å²) in [5.41, 5.74) is 1.81. The van der Waals surface area contributed by atoms with Crippen LogP contribution in [0.25, 0.3) is 0 Å². The van der Waals surface area contributed by atoms with E-state index in [1.807, 2.05) is 40.6 Å². The smallest absolute Gasteiger partial charge is 0.258 e. The first-order chi connectivity index (χ1) is 18.8. The van der Waals surface area contributed by atoms with Gasteiger partial charge < -0.3 is 30.1 Å². The number of phenols is 2. The van der Waals surface area contributed by atoms with Crippen molar-refractivity contribution in [3.8, 4) is 17.2 Å². The van der Waals surface area contributed by atoms with E-state index in [-0.39, 0.29) is 28.5 Å². The Labute approximate surface area is 230 Å². The highest BCUT2D eigenvalue weighted by atomic mass is 32.1. The molecule has 3 amide bonds. The van der Waals surface area contributed by atoms with Gasteiger partial charge in [-0.1, -0.05) is 12.1 Å². The topological polar surface area (TPSA) is 123 Å². The molecule has 39 heavy (non-hydrogen) atoms. The van der Waals surface area contributed by atoms with Gasteiger partial charge in [-0.2, -0.15) is 0 Å². The molecule has 0 unspecified atom stereocenters. The molecule has 3 heterocycles. The van der Waals surface area contributed by atoms with Crippen molar-refractivity contribution in [2.45, 2.75) is 19.6 Å². The van der Waals surface area contributed by atoms with Crippen molar-refractivity contribution < 1.29 is 29.3 Å². The summed E-state index contributed by atoms with van der Waals surface area (Å²) in [7, 11) is 1.62. The summed E-state index contributed by atoms with van der Waals surface area (Å²) >= 11 is 1.52. The maximum absolute atomic E-state index is 13.4. The first-order valence-electron chi connectivity index (χ1n) is 12.6. The van der Waals surface area contributed by atoms with E-state index in [9.17, 15) is 24.6 Å². The number of piperazine rings is 1. The number of nitrogens with zero attached hydrogens (tertiary/aromatic N) is 3. The van der Waals surface area contributed by atoms with Crippen LogP contribution in [0.4, 0.5) is 0 Å². The van der Waals surface area contributed by atoms with Gasteiger partial charge in [-0.25, -0.2) is 0 Å². The van der Waals surface area contributed by atoms with E-state index in [0.717, 1.165) is 28.6 Å². The third-order valence-corrected chi connectivity index (χ3v) is 7.74. The van der Waals surface area contributed by atoms with Crippen LogP contribution in [-0.4, -0.2) is 82.5 Å². The molecule has 2 aliphatic heterocycles. The summed E-state index contributed by atoms with van der Waals surface area (Å²) in [4.78, 5) is 44.0. The predicted octanol–water partition coefficient (Wildman–Crippen LogP) is 2.40. The first-order valence-corrected chi connectivity index (χ1v) is 13.5. The molecule has 2 aliphatic rings. The van der Waals surface area contributed by atoms with E-state index in [4.69, 9.17) is 4.74 Å². The van der Waals surface area contributed by atoms with E-state index in [0.29, 0.717) is 51.6 Å². The number of nitrogens with one attached hydrogen (secondary N) is 1. The van der Waals surface area contributed by atoms with Crippen LogP contribution in [0.15, 0.2) is 47.8 Å². The lowest BCUT2D eigenvalue weighted by Gasteiger charge is -2.26. The van der Waals surface area contributed by atoms with Gasteiger partial charge in [-0.05, 0) is 40.8 Å². The van der Waals surface area contributed by atoms with Crippen molar-refractivity contribution in [3.63, 3.8) is 0 Å². The number of rotatable bonds is 8. The van der Waals surface area contributed by atoms with Gasteiger partial charge in [0.1, 0.15) is 23.9 Å². The van der Waals surface area contributed by atoms with Crippen molar-refractivity contribution in [1.82, 2.24) is 20.0 Å². The lowest BCUT2D eigenvalue weighted by molar-refractivity contribution is -0.124. The molecule has 2 aromatic carbocycles. The standard InChI is InChI=1S/C28H30N4O6S/c1-30(16-21-3-2-10-39-21)27(36)22-12-23(25(34)13-24(22)33)28(37)32-14-18-4-5-20(11-19(18)15-32)38-9-8-31-7-6-29-26(35)17-31/h2-5,10-13,33-34H,6-9,14-17H2,1H3,(H,29,35). The van der Waals surface area contributed by atoms with Crippen molar-refractivity contribution in [1.29, 1.82) is 0 Å². The Morgan fingerprint density at radius 3 is 2.62 bits per heavy atom. The molecule has 1 fully saturated rings. The zero-order valence-electron chi connectivity index (χ0n) is 21.6. The van der Waals surface area contributed by atoms with E-state index >= 15 is 0 Å². The largest absolute Gasteiger partial charge is 0.507 e. The van der Waals surface area contributed by atoms with Gasteiger partial charge in [0.25, 0.3) is 11.8 Å². The monoisotopic (exact) mass is 550 g/mol. The summed E-state index contributed by atoms with van der Waals surface area (Å²) in [6, 6.07) is 11.8. The SMILES string of the molecule is CN(Cc1cccs1)C(=O)c1cc(C(=O)N2Cc3ccc(OCCN4CCNC(=O)C4)cc3C2)c(O)cc1O. The Hall–Kier alpha value is -4.09. The van der Waals surface area contributed by atoms with E-state index in [1.165, 1.54) is 22.3 Å². The van der Waals surface area contributed by atoms with Gasteiger partial charge in [0, 0.05) is 50.7 Å². The molecule has 0 aliphatic carbocycles. The zero-order chi connectivity index (χ0) is 27.5. The van der Waals surface area contributed by atoms with Gasteiger partial charge in [-0.15, -0.1) is 11.3 Å². The molecular formula is C28H30N4O6S. The van der Waals surface area contributed by atoms with Crippen LogP contribution in [0, 0.1) is 0 Å². The van der Waals surface area contributed by atoms with Gasteiger partial charge in [0.2, 0.25) is 5.91 Å². The second-order valence-corrected chi connectivity index (χ2v) is 10.7. The maximum atomic E-state index is 13.4. The summed E-state index contributed by atoms with van der Waals surface area (Å²) in [5.74, 6) is -0.968. The van der Waals surface area contributed by atoms with Crippen molar-refractivity contribution in [3.05, 3.63) is 75.0 Å². The number of carbonyl (C=O) groups excluding carboxylic acids is 3. The molecular weight excluding hydrogens is 520 g/mol. The summed E-state index contributed by atoms with van der Waals surface area (Å²) in [6.07, 6.45) is 0. The second-order valence-electron chi connectivity index (χ2n) is 9.69. The number of amides is 3. The molecule has 3 aromatic rings. The number of hydrogen-bond donors (Lipinski definition) is 3. The number of hydrogen-bond acceptors (Lipinski definition) is 8. The normalized spacial score (nSPS) is 15.1. The van der Waals surface area contributed by atoms with Gasteiger partial charge in [-0.3, -0.25) is 19.3 Å². The lowest BCUT2D eigenvalue weighted by atomic mass is 10.1. The Balaban J connectivity index is 1.24. The van der Waals surface area contributed by atoms with Crippen LogP contribution in [-0.2, 0) is 24.4 Å². The van der Waals surface area contributed by atoms with Crippen molar-refractivity contribution in [2.24, 2.45) is 0 Å². The fourth-order valence-electron chi connectivity index (χ4n) is 4.78. The molecule has 0 saturated carbocycles. The number of carbonyl (C=O) groups is 3. The molecule has 1 aromatic heterocycles. The van der Waals surface area contributed by atoms with Crippen molar-refractivity contribution in [2.75, 3.05) is 39.8 Å². The van der Waals surface area contributed by atoms with Crippen LogP contribution in [0.1, 0.15) is 36.7 Å². The van der Waals surface area contributed by atoms with Gasteiger partial charge >= 0.3 is 0 Å². The lowest BCUT2D eigenvalue weighted by Crippen LogP contribution is -2.48. The van der Waals surface area contributed by atoms with E-state index in [2.05, 4.69) is 5.32 Å². The highest BCUT2D eigenvalue weighted by molar-refractivity contribution is 7.09. The first kappa shape index (κ1) is 26.5. The van der Waals surface area contributed by atoms with Crippen LogP contribution in [0.5, 0.6) is 17.2 Å². The molecule has 0 spiro atoms. The van der Waals surface area contributed by atoms with Crippen LogP contribution >= 0.6 is 11.3 Å². The van der Waals surface area contributed by atoms with Gasteiger partial charge in [0.05, 0.1) is 24.2 Å². The maximum Gasteiger partial charge on any atom is 0.258 e. The minimum absolute atomic E-state index is 0.0186. The molecule has 0 radical (unpaired) electrons. The average molecular weight is 551 g/mol. The third-order valence-electron chi connectivity index (χ3n) is 6.88. The summed E-state index contributed by atoms with van der Waals surface area (Å²) in [6.45, 7) is 3.90. The number of benzene rings is 2. The highest BCUT2D eigenvalue weighted by Gasteiger charge is 2.29. The summed E-state index contributed by atoms with van der Waals surface area (Å²) in [5, 5.41) is 25.6. The molecule has 3 N–H and O–H groups in total. The average Bonchev–Trinajstić information content (AvgIpc) is 3.58. The molecule has 5 rings (SSSR count). The predicted molar refractivity (Wildman–Crippen MR) is 145 cm³/mol. The molecule has 0 atom stereocenters. The fraction of sp³-hybridized carbons (Fsp3) is 0.321. The van der Waals surface area contributed by atoms with E-state index in [1.54, 1.807) is 11.9 Å². The minimum atomic E-state index is -0.452. The Bertz CT molecular complexity index is 1390. The number of aromatic hydroxyl groups is 2. The van der Waals surface area contributed by atoms with Crippen LogP contribution in [0.2, 0.25) is 0 Å². The Morgan fingerprint density at radius 2 is 1.85 bits per heavy atom. The molecule has 204 valence electrons. The molecule has 10 nitrogen and oxygen atoms in total. The van der Waals surface area contributed by atoms with Crippen molar-refractivity contribution >= 4 is 29.1 Å². The number of fused-ring (bicyclic) bond motifs is 1. The number of ether oxygens (including phenoxy) is 1. The highest BCUT2D eigenvalue weighted by Crippen LogP contribution is 2.33. The zero-order valence-corrected chi connectivity index (χ0v) is 22.4. The molecule has 0 bridgehead atoms. The van der Waals surface area contributed by atoms with E-state index < -0.39 is 11.8 Å². The van der Waals surface area contributed by atoms with Crippen LogP contribution < -0.4 is 10.1 Å². The van der Waals surface area contributed by atoms with Crippen LogP contribution in [0.3, 0.4) is 0 Å². The Morgan fingerprint density at radius 1 is 1.05 bits per heavy atom. The number of phenolic OH excluding ortho intramolecular Hbond substituents is 2. The Kier molecular flexibility index (Phi) is 7.71. The second kappa shape index (κ2) is 11.3. The van der Waals surface area contributed by atoms with Gasteiger partial charge in [0.15, 0.2) is 0 Å². The quantitative estimate of drug-likeness (QED) is 0.394. The molecule has 1 saturated heterocycles. The molecule has 11 heteroatoms. The third kappa shape index (κ3) is 5.99. The number of thiophene rings is 1. The summed E-state index contributed by atoms with van der Waals surface area (Å²) < 4.78 is 5.90. The minimum Gasteiger partial charge on any atom is -0.507 e.